The normalized spacial score (nSPS) is 17.0. The summed E-state index contributed by atoms with van der Waals surface area (Å²) >= 11 is 0. The van der Waals surface area contributed by atoms with E-state index in [4.69, 9.17) is 0 Å². The third-order valence-electron chi connectivity index (χ3n) is 3.65. The second-order valence-corrected chi connectivity index (χ2v) is 4.88. The van der Waals surface area contributed by atoms with Crippen LogP contribution in [0.3, 0.4) is 0 Å². The molecule has 1 fully saturated rings. The van der Waals surface area contributed by atoms with Crippen LogP contribution >= 0.6 is 0 Å². The maximum Gasteiger partial charge on any atom is 0.247 e. The Kier molecular flexibility index (Phi) is 3.03. The van der Waals surface area contributed by atoms with E-state index in [2.05, 4.69) is 10.1 Å². The molecule has 0 bridgehead atoms. The molecule has 5 nitrogen and oxygen atoms in total. The van der Waals surface area contributed by atoms with E-state index in [1.165, 1.54) is 5.56 Å². The van der Waals surface area contributed by atoms with Crippen molar-refractivity contribution in [3.05, 3.63) is 48.5 Å². The topological polar surface area (TPSA) is 51.0 Å². The van der Waals surface area contributed by atoms with Crippen molar-refractivity contribution in [2.24, 2.45) is 0 Å². The minimum atomic E-state index is -0.228. The van der Waals surface area contributed by atoms with Crippen molar-refractivity contribution in [3.63, 3.8) is 0 Å². The smallest absolute Gasteiger partial charge is 0.247 e. The van der Waals surface area contributed by atoms with Gasteiger partial charge in [0, 0.05) is 43.8 Å². The number of hydrogen-bond donors (Lipinski definition) is 0. The molecule has 0 aliphatic carbocycles. The lowest BCUT2D eigenvalue weighted by Gasteiger charge is -2.40. The van der Waals surface area contributed by atoms with Gasteiger partial charge in [-0.2, -0.15) is 5.10 Å². The molecule has 3 heterocycles. The number of nitrogens with zero attached hydrogens (tertiary/aromatic N) is 4. The molecule has 19 heavy (non-hydrogen) atoms. The molecule has 2 aromatic heterocycles. The zero-order valence-electron chi connectivity index (χ0n) is 10.8. The van der Waals surface area contributed by atoms with Gasteiger partial charge in [0.25, 0.3) is 0 Å². The van der Waals surface area contributed by atoms with Gasteiger partial charge in [-0.25, -0.2) is 0 Å². The zero-order chi connectivity index (χ0) is 13.2. The number of rotatable bonds is 3. The molecule has 1 amide bonds. The predicted octanol–water partition coefficient (Wildman–Crippen LogP) is 1.47. The average molecular weight is 256 g/mol. The third-order valence-corrected chi connectivity index (χ3v) is 3.65. The van der Waals surface area contributed by atoms with Gasteiger partial charge in [0.05, 0.1) is 0 Å². The van der Waals surface area contributed by atoms with Gasteiger partial charge in [-0.05, 0) is 30.7 Å². The van der Waals surface area contributed by atoms with Crippen LogP contribution in [0.1, 0.15) is 24.4 Å². The largest absolute Gasteiger partial charge is 0.339 e. The highest BCUT2D eigenvalue weighted by Gasteiger charge is 2.34. The number of likely N-dealkylation sites (tertiary alicyclic amines) is 1. The van der Waals surface area contributed by atoms with Gasteiger partial charge in [-0.3, -0.25) is 14.5 Å². The summed E-state index contributed by atoms with van der Waals surface area (Å²) in [4.78, 5) is 18.1. The SMILES string of the molecule is C[C@H](C(=O)N1CC(c2ccncc2)C1)n1cccn1. The zero-order valence-corrected chi connectivity index (χ0v) is 10.8. The second kappa shape index (κ2) is 4.84. The lowest BCUT2D eigenvalue weighted by molar-refractivity contribution is -0.139. The van der Waals surface area contributed by atoms with E-state index in [9.17, 15) is 4.79 Å². The summed E-state index contributed by atoms with van der Waals surface area (Å²) in [6.45, 7) is 3.46. The van der Waals surface area contributed by atoms with Crippen LogP contribution in [0.2, 0.25) is 0 Å². The Morgan fingerprint density at radius 1 is 1.32 bits per heavy atom. The van der Waals surface area contributed by atoms with Gasteiger partial charge >= 0.3 is 0 Å². The highest BCUT2D eigenvalue weighted by molar-refractivity contribution is 5.81. The average Bonchev–Trinajstić information content (AvgIpc) is 2.91. The molecule has 0 unspecified atom stereocenters. The van der Waals surface area contributed by atoms with Crippen LogP contribution in [-0.2, 0) is 4.79 Å². The highest BCUT2D eigenvalue weighted by Crippen LogP contribution is 2.28. The van der Waals surface area contributed by atoms with Crippen molar-refractivity contribution in [2.75, 3.05) is 13.1 Å². The fourth-order valence-electron chi connectivity index (χ4n) is 2.39. The van der Waals surface area contributed by atoms with Gasteiger partial charge in [0.1, 0.15) is 6.04 Å². The first-order chi connectivity index (χ1) is 9.25. The summed E-state index contributed by atoms with van der Waals surface area (Å²) in [5.41, 5.74) is 1.26. The van der Waals surface area contributed by atoms with Crippen molar-refractivity contribution in [1.82, 2.24) is 19.7 Å². The number of amides is 1. The van der Waals surface area contributed by atoms with Crippen LogP contribution in [0.5, 0.6) is 0 Å². The quantitative estimate of drug-likeness (QED) is 0.835. The molecule has 0 saturated carbocycles. The van der Waals surface area contributed by atoms with Crippen LogP contribution in [0.15, 0.2) is 43.0 Å². The summed E-state index contributed by atoms with van der Waals surface area (Å²) in [6.07, 6.45) is 7.11. The van der Waals surface area contributed by atoms with Gasteiger partial charge in [0.15, 0.2) is 0 Å². The molecule has 1 atom stereocenters. The molecule has 5 heteroatoms. The molecule has 0 N–H and O–H groups in total. The number of carbonyl (C=O) groups is 1. The number of pyridine rings is 1. The standard InChI is InChI=1S/C14H16N4O/c1-11(18-8-2-5-16-18)14(19)17-9-13(10-17)12-3-6-15-7-4-12/h2-8,11,13H,9-10H2,1H3/t11-/m1/s1. The molecule has 2 aromatic rings. The molecule has 98 valence electrons. The Labute approximate surface area is 111 Å². The molecule has 3 rings (SSSR count). The van der Waals surface area contributed by atoms with E-state index >= 15 is 0 Å². The molecule has 0 radical (unpaired) electrons. The summed E-state index contributed by atoms with van der Waals surface area (Å²) in [5.74, 6) is 0.575. The maximum atomic E-state index is 12.3. The fraction of sp³-hybridized carbons (Fsp3) is 0.357. The van der Waals surface area contributed by atoms with Crippen molar-refractivity contribution in [2.45, 2.75) is 18.9 Å². The van der Waals surface area contributed by atoms with Gasteiger partial charge in [-0.1, -0.05) is 0 Å². The molecule has 1 saturated heterocycles. The van der Waals surface area contributed by atoms with Crippen LogP contribution in [-0.4, -0.2) is 38.7 Å². The Morgan fingerprint density at radius 2 is 2.05 bits per heavy atom. The first-order valence-corrected chi connectivity index (χ1v) is 6.43. The Bertz CT molecular complexity index is 546. The first kappa shape index (κ1) is 11.9. The first-order valence-electron chi connectivity index (χ1n) is 6.43. The fourth-order valence-corrected chi connectivity index (χ4v) is 2.39. The molecular formula is C14H16N4O. The van der Waals surface area contributed by atoms with E-state index in [-0.39, 0.29) is 11.9 Å². The minimum Gasteiger partial charge on any atom is -0.339 e. The summed E-state index contributed by atoms with van der Waals surface area (Å²) in [6, 6.07) is 5.64. The monoisotopic (exact) mass is 256 g/mol. The predicted molar refractivity (Wildman–Crippen MR) is 70.5 cm³/mol. The van der Waals surface area contributed by atoms with Crippen molar-refractivity contribution in [3.8, 4) is 0 Å². The van der Waals surface area contributed by atoms with Crippen LogP contribution < -0.4 is 0 Å². The number of aromatic nitrogens is 3. The van der Waals surface area contributed by atoms with E-state index in [1.54, 1.807) is 23.3 Å². The molecule has 0 aromatic carbocycles. The van der Waals surface area contributed by atoms with Crippen molar-refractivity contribution >= 4 is 5.91 Å². The Hall–Kier alpha value is -2.17. The summed E-state index contributed by atoms with van der Waals surface area (Å²) < 4.78 is 1.70. The summed E-state index contributed by atoms with van der Waals surface area (Å²) in [5, 5.41) is 4.12. The van der Waals surface area contributed by atoms with Crippen LogP contribution in [0.4, 0.5) is 0 Å². The lowest BCUT2D eigenvalue weighted by atomic mass is 9.92. The Morgan fingerprint density at radius 3 is 2.68 bits per heavy atom. The van der Waals surface area contributed by atoms with Crippen LogP contribution in [0.25, 0.3) is 0 Å². The third kappa shape index (κ3) is 2.23. The number of hydrogen-bond acceptors (Lipinski definition) is 3. The van der Waals surface area contributed by atoms with E-state index in [0.29, 0.717) is 5.92 Å². The molecule has 1 aliphatic heterocycles. The van der Waals surface area contributed by atoms with E-state index in [1.807, 2.05) is 36.2 Å². The highest BCUT2D eigenvalue weighted by atomic mass is 16.2. The van der Waals surface area contributed by atoms with E-state index in [0.717, 1.165) is 13.1 Å². The van der Waals surface area contributed by atoms with E-state index < -0.39 is 0 Å². The molecule has 0 spiro atoms. The molecule has 1 aliphatic rings. The number of carbonyl (C=O) groups excluding carboxylic acids is 1. The van der Waals surface area contributed by atoms with Gasteiger partial charge < -0.3 is 4.90 Å². The van der Waals surface area contributed by atoms with Gasteiger partial charge in [-0.15, -0.1) is 0 Å². The maximum absolute atomic E-state index is 12.3. The summed E-state index contributed by atoms with van der Waals surface area (Å²) in [7, 11) is 0. The van der Waals surface area contributed by atoms with Crippen LogP contribution in [0, 0.1) is 0 Å². The Balaban J connectivity index is 1.60. The van der Waals surface area contributed by atoms with Crippen molar-refractivity contribution < 1.29 is 4.79 Å². The second-order valence-electron chi connectivity index (χ2n) is 4.88. The van der Waals surface area contributed by atoms with Gasteiger partial charge in [0.2, 0.25) is 5.91 Å². The van der Waals surface area contributed by atoms with Crippen molar-refractivity contribution in [1.29, 1.82) is 0 Å². The molecular weight excluding hydrogens is 240 g/mol. The lowest BCUT2D eigenvalue weighted by Crippen LogP contribution is -2.50. The minimum absolute atomic E-state index is 0.133.